The van der Waals surface area contributed by atoms with E-state index in [2.05, 4.69) is 10.2 Å². The van der Waals surface area contributed by atoms with Gasteiger partial charge in [-0.1, -0.05) is 29.2 Å². The van der Waals surface area contributed by atoms with Crippen LogP contribution in [0, 0.1) is 5.82 Å². The minimum Gasteiger partial charge on any atom is -0.494 e. The zero-order valence-electron chi connectivity index (χ0n) is 8.51. The molecular weight excluding hydrogens is 247 g/mol. The number of rotatable bonds is 4. The van der Waals surface area contributed by atoms with Gasteiger partial charge in [0, 0.05) is 5.75 Å². The third-order valence-corrected chi connectivity index (χ3v) is 3.85. The average Bonchev–Trinajstić information content (AvgIpc) is 2.79. The molecule has 0 fully saturated rings. The highest BCUT2D eigenvalue weighted by atomic mass is 32.2. The maximum absolute atomic E-state index is 13.4. The Bertz CT molecular complexity index is 462. The molecule has 0 aliphatic carbocycles. The van der Waals surface area contributed by atoms with Crippen LogP contribution in [0.5, 0.6) is 5.75 Å². The van der Waals surface area contributed by atoms with E-state index in [0.717, 1.165) is 9.90 Å². The fraction of sp³-hybridized carbons (Fsp3) is 0.200. The van der Waals surface area contributed by atoms with Crippen molar-refractivity contribution >= 4 is 23.1 Å². The van der Waals surface area contributed by atoms with E-state index in [9.17, 15) is 4.39 Å². The average molecular weight is 256 g/mol. The molecule has 3 nitrogen and oxygen atoms in total. The summed E-state index contributed by atoms with van der Waals surface area (Å²) in [5.41, 5.74) is 2.58. The maximum Gasteiger partial charge on any atom is 0.174 e. The maximum atomic E-state index is 13.4. The Morgan fingerprint density at radius 1 is 1.50 bits per heavy atom. The van der Waals surface area contributed by atoms with E-state index in [-0.39, 0.29) is 11.6 Å². The summed E-state index contributed by atoms with van der Waals surface area (Å²) >= 11 is 3.02. The second-order valence-electron chi connectivity index (χ2n) is 2.96. The van der Waals surface area contributed by atoms with Gasteiger partial charge in [0.1, 0.15) is 5.51 Å². The van der Waals surface area contributed by atoms with Crippen LogP contribution in [0.1, 0.15) is 5.56 Å². The van der Waals surface area contributed by atoms with E-state index in [4.69, 9.17) is 4.74 Å². The molecule has 2 aromatic rings. The number of thioether (sulfide) groups is 1. The van der Waals surface area contributed by atoms with Crippen LogP contribution in [-0.4, -0.2) is 17.3 Å². The summed E-state index contributed by atoms with van der Waals surface area (Å²) < 4.78 is 19.1. The monoisotopic (exact) mass is 256 g/mol. The summed E-state index contributed by atoms with van der Waals surface area (Å²) in [6.07, 6.45) is 0. The van der Waals surface area contributed by atoms with Crippen LogP contribution >= 0.6 is 23.1 Å². The molecule has 0 unspecified atom stereocenters. The molecule has 1 aromatic carbocycles. The number of methoxy groups -OCH3 is 1. The molecule has 0 amide bonds. The molecule has 1 heterocycles. The lowest BCUT2D eigenvalue weighted by molar-refractivity contribution is 0.386. The van der Waals surface area contributed by atoms with Gasteiger partial charge in [-0.2, -0.15) is 0 Å². The molecule has 84 valence electrons. The van der Waals surface area contributed by atoms with Crippen molar-refractivity contribution in [3.05, 3.63) is 35.1 Å². The molecule has 2 rings (SSSR count). The molecule has 6 heteroatoms. The summed E-state index contributed by atoms with van der Waals surface area (Å²) in [7, 11) is 1.45. The summed E-state index contributed by atoms with van der Waals surface area (Å²) in [6, 6.07) is 4.95. The van der Waals surface area contributed by atoms with E-state index in [1.807, 2.05) is 6.07 Å². The number of nitrogens with zero attached hydrogens (tertiary/aromatic N) is 2. The molecule has 0 radical (unpaired) electrons. The number of hydrogen-bond acceptors (Lipinski definition) is 5. The Balaban J connectivity index is 2.02. The molecular formula is C10H9FN2OS2. The first kappa shape index (κ1) is 11.3. The van der Waals surface area contributed by atoms with Crippen molar-refractivity contribution in [2.45, 2.75) is 10.1 Å². The first-order valence-corrected chi connectivity index (χ1v) is 6.37. The molecule has 1 aromatic heterocycles. The standard InChI is InChI=1S/C10H9FN2OS2/c1-14-9-3-2-7(4-8(9)11)5-15-10-13-12-6-16-10/h2-4,6H,5H2,1H3. The van der Waals surface area contributed by atoms with Gasteiger partial charge < -0.3 is 4.74 Å². The van der Waals surface area contributed by atoms with Gasteiger partial charge in [-0.3, -0.25) is 0 Å². The first-order chi connectivity index (χ1) is 7.79. The van der Waals surface area contributed by atoms with Crippen LogP contribution in [0.15, 0.2) is 28.0 Å². The number of halogens is 1. The molecule has 0 saturated heterocycles. The quantitative estimate of drug-likeness (QED) is 0.788. The van der Waals surface area contributed by atoms with Gasteiger partial charge >= 0.3 is 0 Å². The first-order valence-electron chi connectivity index (χ1n) is 4.51. The SMILES string of the molecule is COc1ccc(CSc2nncs2)cc1F. The lowest BCUT2D eigenvalue weighted by atomic mass is 10.2. The van der Waals surface area contributed by atoms with E-state index in [1.54, 1.807) is 11.6 Å². The second-order valence-corrected chi connectivity index (χ2v) is 5.02. The number of ether oxygens (including phenoxy) is 1. The van der Waals surface area contributed by atoms with Gasteiger partial charge in [0.15, 0.2) is 15.9 Å². The van der Waals surface area contributed by atoms with Gasteiger partial charge in [-0.15, -0.1) is 10.2 Å². The van der Waals surface area contributed by atoms with Crippen LogP contribution in [0.2, 0.25) is 0 Å². The van der Waals surface area contributed by atoms with Gasteiger partial charge in [-0.05, 0) is 17.7 Å². The Labute approximate surface area is 101 Å². The second kappa shape index (κ2) is 5.27. The zero-order valence-corrected chi connectivity index (χ0v) is 10.1. The fourth-order valence-electron chi connectivity index (χ4n) is 1.17. The van der Waals surface area contributed by atoms with Crippen LogP contribution in [0.25, 0.3) is 0 Å². The third-order valence-electron chi connectivity index (χ3n) is 1.92. The molecule has 0 aliphatic rings. The van der Waals surface area contributed by atoms with Crippen molar-refractivity contribution in [1.29, 1.82) is 0 Å². The Hall–Kier alpha value is -1.14. The summed E-state index contributed by atoms with van der Waals surface area (Å²) in [5.74, 6) is 0.610. The van der Waals surface area contributed by atoms with Crippen LogP contribution in [0.4, 0.5) is 4.39 Å². The topological polar surface area (TPSA) is 35.0 Å². The third kappa shape index (κ3) is 2.70. The molecule has 0 spiro atoms. The highest BCUT2D eigenvalue weighted by Gasteiger charge is 2.04. The molecule has 0 atom stereocenters. The Kier molecular flexibility index (Phi) is 3.74. The lowest BCUT2D eigenvalue weighted by Crippen LogP contribution is -1.89. The largest absolute Gasteiger partial charge is 0.494 e. The minimum atomic E-state index is -0.335. The summed E-state index contributed by atoms with van der Waals surface area (Å²) in [6.45, 7) is 0. The van der Waals surface area contributed by atoms with Crippen molar-refractivity contribution in [3.8, 4) is 5.75 Å². The predicted molar refractivity (Wildman–Crippen MR) is 62.4 cm³/mol. The molecule has 0 bridgehead atoms. The van der Waals surface area contributed by atoms with Gasteiger partial charge in [0.05, 0.1) is 7.11 Å². The summed E-state index contributed by atoms with van der Waals surface area (Å²) in [4.78, 5) is 0. The minimum absolute atomic E-state index is 0.268. The lowest BCUT2D eigenvalue weighted by Gasteiger charge is -2.03. The van der Waals surface area contributed by atoms with E-state index in [0.29, 0.717) is 5.75 Å². The van der Waals surface area contributed by atoms with Crippen molar-refractivity contribution in [3.63, 3.8) is 0 Å². The van der Waals surface area contributed by atoms with Crippen molar-refractivity contribution in [1.82, 2.24) is 10.2 Å². The normalized spacial score (nSPS) is 10.4. The molecule has 0 aliphatic heterocycles. The van der Waals surface area contributed by atoms with Crippen molar-refractivity contribution in [2.24, 2.45) is 0 Å². The van der Waals surface area contributed by atoms with Crippen molar-refractivity contribution in [2.75, 3.05) is 7.11 Å². The van der Waals surface area contributed by atoms with E-state index in [1.165, 1.54) is 36.3 Å². The van der Waals surface area contributed by atoms with Gasteiger partial charge in [-0.25, -0.2) is 4.39 Å². The van der Waals surface area contributed by atoms with E-state index >= 15 is 0 Å². The van der Waals surface area contributed by atoms with Crippen LogP contribution in [-0.2, 0) is 5.75 Å². The predicted octanol–water partition coefficient (Wildman–Crippen LogP) is 2.98. The number of aromatic nitrogens is 2. The van der Waals surface area contributed by atoms with Crippen LogP contribution < -0.4 is 4.74 Å². The Morgan fingerprint density at radius 3 is 3.00 bits per heavy atom. The highest BCUT2D eigenvalue weighted by molar-refractivity contribution is 8.00. The molecule has 0 N–H and O–H groups in total. The molecule has 0 saturated carbocycles. The molecule has 16 heavy (non-hydrogen) atoms. The zero-order chi connectivity index (χ0) is 11.4. The van der Waals surface area contributed by atoms with Gasteiger partial charge in [0.25, 0.3) is 0 Å². The summed E-state index contributed by atoms with van der Waals surface area (Å²) in [5, 5.41) is 7.63. The Morgan fingerprint density at radius 2 is 2.38 bits per heavy atom. The van der Waals surface area contributed by atoms with Crippen molar-refractivity contribution < 1.29 is 9.13 Å². The number of hydrogen-bond donors (Lipinski definition) is 0. The fourth-order valence-corrected chi connectivity index (χ4v) is 2.60. The number of benzene rings is 1. The van der Waals surface area contributed by atoms with E-state index < -0.39 is 0 Å². The highest BCUT2D eigenvalue weighted by Crippen LogP contribution is 2.25. The van der Waals surface area contributed by atoms with Gasteiger partial charge in [0.2, 0.25) is 0 Å². The van der Waals surface area contributed by atoms with Crippen LogP contribution in [0.3, 0.4) is 0 Å². The smallest absolute Gasteiger partial charge is 0.174 e.